The zero-order chi connectivity index (χ0) is 33.0. The van der Waals surface area contributed by atoms with E-state index >= 15 is 0 Å². The van der Waals surface area contributed by atoms with Gasteiger partial charge in [0.15, 0.2) is 5.78 Å². The Morgan fingerprint density at radius 1 is 1.00 bits per heavy atom. The number of nitrogens with zero attached hydrogens (tertiary/aromatic N) is 1. The second-order valence-electron chi connectivity index (χ2n) is 12.6. The summed E-state index contributed by atoms with van der Waals surface area (Å²) >= 11 is 0. The number of carbonyl (C=O) groups is 1. The molecule has 1 saturated carbocycles. The van der Waals surface area contributed by atoms with Crippen LogP contribution in [0.2, 0.25) is 0 Å². The maximum atomic E-state index is 13.7. The molecule has 5 aromatic rings. The fourth-order valence-corrected chi connectivity index (χ4v) is 6.73. The Labute approximate surface area is 290 Å². The number of carbonyl (C=O) groups excluding carboxylic acids is 1. The number of aliphatic hydroxyl groups excluding tert-OH is 1. The normalized spacial score (nSPS) is 16.1. The predicted molar refractivity (Wildman–Crippen MR) is 183 cm³/mol. The van der Waals surface area contributed by atoms with Gasteiger partial charge in [0, 0.05) is 62.4 Å². The molecule has 1 fully saturated rings. The molecule has 1 aliphatic rings. The van der Waals surface area contributed by atoms with Gasteiger partial charge in [-0.25, -0.2) is 8.78 Å². The standard InChI is InChI=1S/C27H20F2NO.C13H24O2.Ir/c1-16-12-22-21-4-2-3-5-24(21)31-26(22)23(13-16)25-20-7-6-17(14-18(20)9-11-30-25)19-8-10-27(28,29)15-19;1-5-10(6-2)12(14)9-13(15)11(7-3)8-4;/h2-7,9,11-12,14,19H,8,10,15H2,1H3;9-11,14H,5-8H2,1-4H3;/q-1;;/b;12-9-;. The number of halogens is 2. The van der Waals surface area contributed by atoms with E-state index in [4.69, 9.17) is 4.42 Å². The van der Waals surface area contributed by atoms with Crippen LogP contribution in [0.5, 0.6) is 0 Å². The molecule has 1 aliphatic carbocycles. The SMILES string of the molecule is CCC(CC)C(=O)/C=C(\O)C(CC)CC.Cc1[c-]c(-c2nccc3cc(C4CCC(F)(F)C4)ccc23)c2oc3ccccc3c2c1.[Ir]. The van der Waals surface area contributed by atoms with Crippen molar-refractivity contribution < 1.29 is 43.2 Å². The summed E-state index contributed by atoms with van der Waals surface area (Å²) in [4.78, 5) is 16.4. The minimum absolute atomic E-state index is 0. The summed E-state index contributed by atoms with van der Waals surface area (Å²) in [6.07, 6.45) is 7.11. The first-order chi connectivity index (χ1) is 22.1. The van der Waals surface area contributed by atoms with Crippen LogP contribution in [0.3, 0.4) is 0 Å². The Kier molecular flexibility index (Phi) is 12.1. The van der Waals surface area contributed by atoms with Gasteiger partial charge >= 0.3 is 0 Å². The van der Waals surface area contributed by atoms with Crippen molar-refractivity contribution >= 4 is 38.5 Å². The van der Waals surface area contributed by atoms with Crippen LogP contribution >= 0.6 is 0 Å². The van der Waals surface area contributed by atoms with Crippen molar-refractivity contribution in [3.63, 3.8) is 0 Å². The number of aliphatic hydroxyl groups is 1. The average Bonchev–Trinajstić information content (AvgIpc) is 3.61. The minimum Gasteiger partial charge on any atom is -0.512 e. The van der Waals surface area contributed by atoms with Crippen molar-refractivity contribution in [1.82, 2.24) is 4.98 Å². The van der Waals surface area contributed by atoms with E-state index in [0.717, 1.165) is 80.8 Å². The fourth-order valence-electron chi connectivity index (χ4n) is 6.73. The molecule has 1 N–H and O–H groups in total. The van der Waals surface area contributed by atoms with Crippen molar-refractivity contribution in [1.29, 1.82) is 0 Å². The molecule has 47 heavy (non-hydrogen) atoms. The van der Waals surface area contributed by atoms with Crippen LogP contribution in [0, 0.1) is 24.8 Å². The molecule has 2 heterocycles. The van der Waals surface area contributed by atoms with Crippen LogP contribution in [0.4, 0.5) is 8.78 Å². The van der Waals surface area contributed by atoms with E-state index in [9.17, 15) is 18.7 Å². The fraction of sp³-hybridized carbons (Fsp3) is 0.400. The molecule has 1 unspecified atom stereocenters. The summed E-state index contributed by atoms with van der Waals surface area (Å²) in [5.41, 5.74) is 5.22. The molecule has 1 radical (unpaired) electrons. The molecular formula is C40H44F2IrNO3-. The number of allylic oxidation sites excluding steroid dienone is 2. The Morgan fingerprint density at radius 2 is 1.70 bits per heavy atom. The number of hydrogen-bond donors (Lipinski definition) is 1. The van der Waals surface area contributed by atoms with Crippen molar-refractivity contribution in [2.75, 3.05) is 0 Å². The first-order valence-corrected chi connectivity index (χ1v) is 16.6. The average molecular weight is 817 g/mol. The summed E-state index contributed by atoms with van der Waals surface area (Å²) in [5, 5.41) is 13.8. The quantitative estimate of drug-likeness (QED) is 0.0914. The van der Waals surface area contributed by atoms with Crippen molar-refractivity contribution in [2.24, 2.45) is 11.8 Å². The second kappa shape index (κ2) is 15.7. The van der Waals surface area contributed by atoms with Crippen LogP contribution in [-0.2, 0) is 24.9 Å². The molecule has 0 spiro atoms. The van der Waals surface area contributed by atoms with Crippen molar-refractivity contribution in [3.05, 3.63) is 89.8 Å². The zero-order valence-electron chi connectivity index (χ0n) is 27.8. The first-order valence-electron chi connectivity index (χ1n) is 16.6. The maximum Gasteiger partial charge on any atom is 0.248 e. The number of fused-ring (bicyclic) bond motifs is 4. The predicted octanol–water partition coefficient (Wildman–Crippen LogP) is 11.7. The molecule has 2 aromatic heterocycles. The molecule has 0 saturated heterocycles. The molecular weight excluding hydrogens is 773 g/mol. The Morgan fingerprint density at radius 3 is 2.36 bits per heavy atom. The smallest absolute Gasteiger partial charge is 0.248 e. The van der Waals surface area contributed by atoms with Gasteiger partial charge in [-0.05, 0) is 72.2 Å². The van der Waals surface area contributed by atoms with Gasteiger partial charge in [0.25, 0.3) is 0 Å². The molecule has 0 aliphatic heterocycles. The number of alkyl halides is 2. The Balaban J connectivity index is 0.000000269. The van der Waals surface area contributed by atoms with Gasteiger partial charge in [0.1, 0.15) is 5.58 Å². The van der Waals surface area contributed by atoms with E-state index in [1.807, 2.05) is 77.1 Å². The molecule has 3 aromatic carbocycles. The number of hydrogen-bond acceptors (Lipinski definition) is 4. The number of aromatic nitrogens is 1. The largest absolute Gasteiger partial charge is 0.512 e. The van der Waals surface area contributed by atoms with Gasteiger partial charge in [-0.2, -0.15) is 0 Å². The number of aryl methyl sites for hydroxylation is 1. The molecule has 0 amide bonds. The maximum absolute atomic E-state index is 13.7. The monoisotopic (exact) mass is 817 g/mol. The van der Waals surface area contributed by atoms with Crippen LogP contribution in [-0.4, -0.2) is 21.8 Å². The minimum atomic E-state index is -2.55. The third-order valence-electron chi connectivity index (χ3n) is 9.53. The topological polar surface area (TPSA) is 63.3 Å². The number of ketones is 1. The van der Waals surface area contributed by atoms with Crippen LogP contribution in [0.15, 0.2) is 77.0 Å². The van der Waals surface area contributed by atoms with E-state index in [1.165, 1.54) is 6.08 Å². The van der Waals surface area contributed by atoms with Crippen LogP contribution in [0.1, 0.15) is 89.7 Å². The number of benzene rings is 3. The summed E-state index contributed by atoms with van der Waals surface area (Å²) in [7, 11) is 0. The Bertz CT molecular complexity index is 1870. The number of rotatable bonds is 9. The second-order valence-corrected chi connectivity index (χ2v) is 12.6. The van der Waals surface area contributed by atoms with Gasteiger partial charge in [-0.1, -0.05) is 82.0 Å². The summed E-state index contributed by atoms with van der Waals surface area (Å²) < 4.78 is 33.7. The number of para-hydroxylation sites is 1. The summed E-state index contributed by atoms with van der Waals surface area (Å²) in [6.45, 7) is 10.1. The number of pyridine rings is 1. The molecule has 1 atom stereocenters. The van der Waals surface area contributed by atoms with Gasteiger partial charge in [0.2, 0.25) is 5.92 Å². The van der Waals surface area contributed by atoms with E-state index < -0.39 is 5.92 Å². The van der Waals surface area contributed by atoms with Crippen LogP contribution < -0.4 is 0 Å². The summed E-state index contributed by atoms with van der Waals surface area (Å²) in [5.74, 6) is -2.10. The van der Waals surface area contributed by atoms with Crippen molar-refractivity contribution in [2.45, 2.75) is 91.4 Å². The molecule has 0 bridgehead atoms. The third kappa shape index (κ3) is 8.01. The number of furan rings is 1. The van der Waals surface area contributed by atoms with E-state index in [1.54, 1.807) is 6.20 Å². The van der Waals surface area contributed by atoms with Crippen LogP contribution in [0.25, 0.3) is 44.0 Å². The first kappa shape index (κ1) is 36.4. The van der Waals surface area contributed by atoms with Gasteiger partial charge < -0.3 is 14.5 Å². The third-order valence-corrected chi connectivity index (χ3v) is 9.53. The zero-order valence-corrected chi connectivity index (χ0v) is 30.2. The van der Waals surface area contributed by atoms with Gasteiger partial charge in [0.05, 0.1) is 11.3 Å². The molecule has 7 heteroatoms. The van der Waals surface area contributed by atoms with Crippen molar-refractivity contribution in [3.8, 4) is 11.3 Å². The van der Waals surface area contributed by atoms with Gasteiger partial charge in [-0.15, -0.1) is 17.7 Å². The molecule has 251 valence electrons. The summed E-state index contributed by atoms with van der Waals surface area (Å²) in [6, 6.07) is 21.5. The molecule has 4 nitrogen and oxygen atoms in total. The molecule has 6 rings (SSSR count). The van der Waals surface area contributed by atoms with Gasteiger partial charge in [-0.3, -0.25) is 4.79 Å². The van der Waals surface area contributed by atoms with E-state index in [0.29, 0.717) is 6.42 Å². The van der Waals surface area contributed by atoms with E-state index in [-0.39, 0.29) is 62.2 Å². The Hall–Kier alpha value is -3.41. The van der Waals surface area contributed by atoms with E-state index in [2.05, 4.69) is 23.2 Å².